The smallest absolute Gasteiger partial charge is 0.199 e. The average molecular weight is 414 g/mol. The number of nitrogens with zero attached hydrogens (tertiary/aromatic N) is 3. The highest BCUT2D eigenvalue weighted by Gasteiger charge is 2.16. The highest BCUT2D eigenvalue weighted by molar-refractivity contribution is 5.81. The molecule has 5 rings (SSSR count). The van der Waals surface area contributed by atoms with Gasteiger partial charge in [-0.3, -0.25) is 0 Å². The Labute approximate surface area is 176 Å². The molecule has 0 spiro atoms. The zero-order valence-electron chi connectivity index (χ0n) is 16.1. The lowest BCUT2D eigenvalue weighted by Gasteiger charge is -2.13. The van der Waals surface area contributed by atoms with Crippen LogP contribution in [-0.4, -0.2) is 19.9 Å². The van der Waals surface area contributed by atoms with Crippen molar-refractivity contribution in [2.24, 2.45) is 0 Å². The quantitative estimate of drug-likeness (QED) is 0.340. The summed E-state index contributed by atoms with van der Waals surface area (Å²) in [6.45, 7) is 0. The summed E-state index contributed by atoms with van der Waals surface area (Å²) in [5, 5.41) is 5.87. The SMILES string of the molecule is Fc1ccccc1Nc1nc2nc(-c3ccccc3)[nH]c2nc1Nc1ccccc1F. The molecule has 31 heavy (non-hydrogen) atoms. The summed E-state index contributed by atoms with van der Waals surface area (Å²) in [6, 6.07) is 21.9. The molecule has 0 aliphatic heterocycles. The van der Waals surface area contributed by atoms with Crippen molar-refractivity contribution >= 4 is 34.3 Å². The van der Waals surface area contributed by atoms with E-state index in [1.54, 1.807) is 36.4 Å². The number of hydrogen-bond acceptors (Lipinski definition) is 5. The lowest BCUT2D eigenvalue weighted by molar-refractivity contribution is 0.631. The van der Waals surface area contributed by atoms with Crippen molar-refractivity contribution in [1.82, 2.24) is 19.9 Å². The minimum atomic E-state index is -0.451. The van der Waals surface area contributed by atoms with E-state index < -0.39 is 11.6 Å². The van der Waals surface area contributed by atoms with Crippen molar-refractivity contribution < 1.29 is 8.78 Å². The van der Waals surface area contributed by atoms with Crippen molar-refractivity contribution in [2.75, 3.05) is 10.6 Å². The van der Waals surface area contributed by atoms with Gasteiger partial charge in [0.05, 0.1) is 11.4 Å². The number of hydrogen-bond donors (Lipinski definition) is 3. The second-order valence-electron chi connectivity index (χ2n) is 6.75. The Kier molecular flexibility index (Phi) is 4.72. The molecule has 6 nitrogen and oxygen atoms in total. The zero-order chi connectivity index (χ0) is 21.2. The second kappa shape index (κ2) is 7.83. The number of anilines is 4. The van der Waals surface area contributed by atoms with E-state index in [1.807, 2.05) is 30.3 Å². The molecule has 0 bridgehead atoms. The molecule has 0 aliphatic carbocycles. The largest absolute Gasteiger partial charge is 0.335 e. The number of rotatable bonds is 5. The standard InChI is InChI=1S/C23H16F2N6/c24-15-10-4-6-12-17(15)26-20-21(27-18-13-7-5-11-16(18)25)31-23-22(30-20)28-19(29-23)14-8-2-1-3-9-14/h1-13H,(H3,26,27,28,29,30,31). The fourth-order valence-electron chi connectivity index (χ4n) is 3.12. The third-order valence-electron chi connectivity index (χ3n) is 4.63. The molecule has 0 saturated heterocycles. The Morgan fingerprint density at radius 1 is 0.613 bits per heavy atom. The van der Waals surface area contributed by atoms with Crippen LogP contribution in [0, 0.1) is 11.6 Å². The fraction of sp³-hybridized carbons (Fsp3) is 0. The van der Waals surface area contributed by atoms with Gasteiger partial charge in [-0.15, -0.1) is 0 Å². The molecule has 3 N–H and O–H groups in total. The van der Waals surface area contributed by atoms with Crippen LogP contribution in [-0.2, 0) is 0 Å². The molecule has 3 aromatic carbocycles. The van der Waals surface area contributed by atoms with E-state index in [0.29, 0.717) is 17.1 Å². The number of halogens is 2. The third kappa shape index (κ3) is 3.78. The van der Waals surface area contributed by atoms with Gasteiger partial charge < -0.3 is 15.6 Å². The summed E-state index contributed by atoms with van der Waals surface area (Å²) in [5.74, 6) is 0.135. The molecule has 152 valence electrons. The Bertz CT molecular complexity index is 1280. The van der Waals surface area contributed by atoms with Crippen molar-refractivity contribution in [1.29, 1.82) is 0 Å². The van der Waals surface area contributed by atoms with Crippen LogP contribution in [0.2, 0.25) is 0 Å². The monoisotopic (exact) mass is 414 g/mol. The normalized spacial score (nSPS) is 10.9. The summed E-state index contributed by atoms with van der Waals surface area (Å²) in [4.78, 5) is 16.7. The van der Waals surface area contributed by atoms with Crippen LogP contribution < -0.4 is 10.6 Å². The predicted octanol–water partition coefficient (Wildman–Crippen LogP) is 5.79. The lowest BCUT2D eigenvalue weighted by Crippen LogP contribution is -2.05. The molecule has 8 heteroatoms. The Morgan fingerprint density at radius 3 is 1.77 bits per heavy atom. The third-order valence-corrected chi connectivity index (χ3v) is 4.63. The number of imidazole rings is 1. The first kappa shape index (κ1) is 18.7. The second-order valence-corrected chi connectivity index (χ2v) is 6.75. The minimum absolute atomic E-state index is 0.214. The van der Waals surface area contributed by atoms with Crippen molar-refractivity contribution in [3.05, 3.63) is 90.5 Å². The van der Waals surface area contributed by atoms with E-state index in [4.69, 9.17) is 0 Å². The average Bonchev–Trinajstić information content (AvgIpc) is 3.20. The molecule has 0 unspecified atom stereocenters. The Hall–Kier alpha value is -4.33. The van der Waals surface area contributed by atoms with Crippen LogP contribution in [0.1, 0.15) is 0 Å². The van der Waals surface area contributed by atoms with E-state index in [1.165, 1.54) is 12.1 Å². The van der Waals surface area contributed by atoms with Crippen LogP contribution in [0.4, 0.5) is 31.8 Å². The first-order chi connectivity index (χ1) is 15.2. The first-order valence-corrected chi connectivity index (χ1v) is 9.53. The lowest BCUT2D eigenvalue weighted by atomic mass is 10.2. The highest BCUT2D eigenvalue weighted by Crippen LogP contribution is 2.29. The molecule has 0 aliphatic rings. The van der Waals surface area contributed by atoms with E-state index in [0.717, 1.165) is 5.56 Å². The highest BCUT2D eigenvalue weighted by atomic mass is 19.1. The summed E-state index contributed by atoms with van der Waals surface area (Å²) < 4.78 is 28.5. The summed E-state index contributed by atoms with van der Waals surface area (Å²) >= 11 is 0. The van der Waals surface area contributed by atoms with E-state index >= 15 is 0 Å². The van der Waals surface area contributed by atoms with Gasteiger partial charge in [-0.25, -0.2) is 23.7 Å². The molecule has 0 saturated carbocycles. The van der Waals surface area contributed by atoms with Gasteiger partial charge in [0.1, 0.15) is 17.5 Å². The van der Waals surface area contributed by atoms with Gasteiger partial charge in [-0.2, -0.15) is 0 Å². The molecular weight excluding hydrogens is 398 g/mol. The maximum atomic E-state index is 14.2. The van der Waals surface area contributed by atoms with E-state index in [2.05, 4.69) is 30.6 Å². The van der Waals surface area contributed by atoms with E-state index in [-0.39, 0.29) is 23.0 Å². The molecule has 2 heterocycles. The van der Waals surface area contributed by atoms with Crippen LogP contribution in [0.5, 0.6) is 0 Å². The van der Waals surface area contributed by atoms with Crippen LogP contribution >= 0.6 is 0 Å². The number of nitrogens with one attached hydrogen (secondary N) is 3. The first-order valence-electron chi connectivity index (χ1n) is 9.53. The number of fused-ring (bicyclic) bond motifs is 1. The molecule has 0 atom stereocenters. The van der Waals surface area contributed by atoms with Crippen molar-refractivity contribution in [2.45, 2.75) is 0 Å². The van der Waals surface area contributed by atoms with Gasteiger partial charge >= 0.3 is 0 Å². The number of aromatic nitrogens is 4. The van der Waals surface area contributed by atoms with Crippen molar-refractivity contribution in [3.8, 4) is 11.4 Å². The molecule has 0 radical (unpaired) electrons. The van der Waals surface area contributed by atoms with Gasteiger partial charge in [0, 0.05) is 5.56 Å². The van der Waals surface area contributed by atoms with Crippen LogP contribution in [0.3, 0.4) is 0 Å². The van der Waals surface area contributed by atoms with E-state index in [9.17, 15) is 8.78 Å². The van der Waals surface area contributed by atoms with Gasteiger partial charge in [-0.05, 0) is 24.3 Å². The Balaban J connectivity index is 1.62. The maximum Gasteiger partial charge on any atom is 0.199 e. The number of H-pyrrole nitrogens is 1. The molecule has 0 amide bonds. The number of aromatic amines is 1. The summed E-state index contributed by atoms with van der Waals surface area (Å²) in [7, 11) is 0. The zero-order valence-corrected chi connectivity index (χ0v) is 16.1. The molecule has 5 aromatic rings. The summed E-state index contributed by atoms with van der Waals surface area (Å²) in [5.41, 5.74) is 2.06. The van der Waals surface area contributed by atoms with Crippen molar-refractivity contribution in [3.63, 3.8) is 0 Å². The van der Waals surface area contributed by atoms with Gasteiger partial charge in [0.25, 0.3) is 0 Å². The summed E-state index contributed by atoms with van der Waals surface area (Å²) in [6.07, 6.45) is 0. The minimum Gasteiger partial charge on any atom is -0.335 e. The molecular formula is C23H16F2N6. The predicted molar refractivity (Wildman–Crippen MR) is 116 cm³/mol. The van der Waals surface area contributed by atoms with Crippen LogP contribution in [0.15, 0.2) is 78.9 Å². The molecule has 0 fully saturated rings. The Morgan fingerprint density at radius 2 is 1.16 bits per heavy atom. The topological polar surface area (TPSA) is 78.5 Å². The number of benzene rings is 3. The fourth-order valence-corrected chi connectivity index (χ4v) is 3.12. The molecule has 2 aromatic heterocycles. The van der Waals surface area contributed by atoms with Gasteiger partial charge in [0.2, 0.25) is 0 Å². The van der Waals surface area contributed by atoms with Crippen LogP contribution in [0.25, 0.3) is 22.7 Å². The van der Waals surface area contributed by atoms with Gasteiger partial charge in [-0.1, -0.05) is 54.6 Å². The number of para-hydroxylation sites is 2. The maximum absolute atomic E-state index is 14.2. The van der Waals surface area contributed by atoms with Gasteiger partial charge in [0.15, 0.2) is 22.9 Å².